The Morgan fingerprint density at radius 2 is 2.00 bits per heavy atom. The van der Waals surface area contributed by atoms with Crippen molar-refractivity contribution in [1.82, 2.24) is 4.98 Å². The zero-order valence-corrected chi connectivity index (χ0v) is 10.3. The number of rotatable bonds is 4. The van der Waals surface area contributed by atoms with Gasteiger partial charge in [-0.2, -0.15) is 5.26 Å². The molecule has 0 bridgehead atoms. The third-order valence-corrected chi connectivity index (χ3v) is 2.64. The standard InChI is InChI=1S/C15H13N3O/c16-10-13-6-8-14(17-11-13)18-15(19)9-7-12-4-2-1-3-5-12/h1-6,8,11H,7,9H2,(H,17,18,19). The van der Waals surface area contributed by atoms with Crippen LogP contribution in [-0.4, -0.2) is 10.9 Å². The highest BCUT2D eigenvalue weighted by atomic mass is 16.1. The fourth-order valence-corrected chi connectivity index (χ4v) is 1.64. The molecule has 4 nitrogen and oxygen atoms in total. The summed E-state index contributed by atoms with van der Waals surface area (Å²) in [6.45, 7) is 0. The first-order chi connectivity index (χ1) is 9.28. The van der Waals surface area contributed by atoms with Crippen LogP contribution >= 0.6 is 0 Å². The van der Waals surface area contributed by atoms with Crippen molar-refractivity contribution in [3.8, 4) is 6.07 Å². The molecule has 0 saturated heterocycles. The van der Waals surface area contributed by atoms with Gasteiger partial charge in [0, 0.05) is 12.6 Å². The molecule has 0 aliphatic carbocycles. The van der Waals surface area contributed by atoms with Gasteiger partial charge in [0.1, 0.15) is 11.9 Å². The average Bonchev–Trinajstić information content (AvgIpc) is 2.47. The maximum absolute atomic E-state index is 11.7. The van der Waals surface area contributed by atoms with E-state index in [4.69, 9.17) is 5.26 Å². The molecule has 0 aliphatic heterocycles. The topological polar surface area (TPSA) is 65.8 Å². The van der Waals surface area contributed by atoms with Crippen molar-refractivity contribution in [2.75, 3.05) is 5.32 Å². The van der Waals surface area contributed by atoms with Crippen LogP contribution in [0.15, 0.2) is 48.7 Å². The number of anilines is 1. The van der Waals surface area contributed by atoms with Gasteiger partial charge < -0.3 is 5.32 Å². The Bertz CT molecular complexity index is 585. The lowest BCUT2D eigenvalue weighted by Crippen LogP contribution is -2.13. The van der Waals surface area contributed by atoms with Crippen LogP contribution in [0.2, 0.25) is 0 Å². The van der Waals surface area contributed by atoms with Crippen molar-refractivity contribution >= 4 is 11.7 Å². The summed E-state index contributed by atoms with van der Waals surface area (Å²) in [6.07, 6.45) is 2.54. The van der Waals surface area contributed by atoms with Crippen LogP contribution in [0.4, 0.5) is 5.82 Å². The number of pyridine rings is 1. The first-order valence-corrected chi connectivity index (χ1v) is 5.98. The average molecular weight is 251 g/mol. The van der Waals surface area contributed by atoms with Crippen LogP contribution in [0.1, 0.15) is 17.5 Å². The van der Waals surface area contributed by atoms with Crippen molar-refractivity contribution in [1.29, 1.82) is 5.26 Å². The molecule has 1 aromatic carbocycles. The second kappa shape index (κ2) is 6.31. The predicted octanol–water partition coefficient (Wildman–Crippen LogP) is 2.52. The van der Waals surface area contributed by atoms with E-state index >= 15 is 0 Å². The molecule has 94 valence electrons. The lowest BCUT2D eigenvalue weighted by atomic mass is 10.1. The summed E-state index contributed by atoms with van der Waals surface area (Å²) in [6, 6.07) is 15.1. The molecule has 1 amide bonds. The Morgan fingerprint density at radius 3 is 2.63 bits per heavy atom. The summed E-state index contributed by atoms with van der Waals surface area (Å²) in [5.74, 6) is 0.387. The summed E-state index contributed by atoms with van der Waals surface area (Å²) in [7, 11) is 0. The van der Waals surface area contributed by atoms with Crippen LogP contribution in [0.3, 0.4) is 0 Å². The van der Waals surface area contributed by atoms with Crippen LogP contribution < -0.4 is 5.32 Å². The molecule has 1 N–H and O–H groups in total. The molecule has 0 radical (unpaired) electrons. The minimum atomic E-state index is -0.0824. The van der Waals surface area contributed by atoms with Gasteiger partial charge in [-0.05, 0) is 24.1 Å². The third-order valence-electron chi connectivity index (χ3n) is 2.64. The van der Waals surface area contributed by atoms with Crippen molar-refractivity contribution in [3.63, 3.8) is 0 Å². The highest BCUT2D eigenvalue weighted by Gasteiger charge is 2.03. The van der Waals surface area contributed by atoms with E-state index in [1.807, 2.05) is 36.4 Å². The molecule has 0 saturated carbocycles. The molecule has 0 fully saturated rings. The predicted molar refractivity (Wildman–Crippen MR) is 72.3 cm³/mol. The first kappa shape index (κ1) is 12.8. The quantitative estimate of drug-likeness (QED) is 0.908. The lowest BCUT2D eigenvalue weighted by Gasteiger charge is -2.04. The Balaban J connectivity index is 1.86. The van der Waals surface area contributed by atoms with E-state index in [-0.39, 0.29) is 5.91 Å². The highest BCUT2D eigenvalue weighted by Crippen LogP contribution is 2.07. The molecule has 0 atom stereocenters. The SMILES string of the molecule is N#Cc1ccc(NC(=O)CCc2ccccc2)nc1. The third kappa shape index (κ3) is 3.93. The van der Waals surface area contributed by atoms with Gasteiger partial charge in [-0.15, -0.1) is 0 Å². The molecule has 1 heterocycles. The molecule has 2 aromatic rings. The van der Waals surface area contributed by atoms with E-state index in [2.05, 4.69) is 10.3 Å². The van der Waals surface area contributed by atoms with Gasteiger partial charge in [-0.1, -0.05) is 30.3 Å². The second-order valence-electron chi connectivity index (χ2n) is 4.08. The number of carbonyl (C=O) groups is 1. The molecule has 0 unspecified atom stereocenters. The first-order valence-electron chi connectivity index (χ1n) is 5.98. The minimum absolute atomic E-state index is 0.0824. The summed E-state index contributed by atoms with van der Waals surface area (Å²) in [5, 5.41) is 11.3. The van der Waals surface area contributed by atoms with Crippen molar-refractivity contribution in [2.24, 2.45) is 0 Å². The van der Waals surface area contributed by atoms with Gasteiger partial charge in [0.25, 0.3) is 0 Å². The van der Waals surface area contributed by atoms with Gasteiger partial charge in [-0.3, -0.25) is 4.79 Å². The number of aryl methyl sites for hydroxylation is 1. The number of hydrogen-bond donors (Lipinski definition) is 1. The van der Waals surface area contributed by atoms with E-state index < -0.39 is 0 Å². The van der Waals surface area contributed by atoms with E-state index in [0.29, 0.717) is 24.2 Å². The molecule has 2 rings (SSSR count). The molecular formula is C15H13N3O. The van der Waals surface area contributed by atoms with Crippen LogP contribution in [0.5, 0.6) is 0 Å². The fraction of sp³-hybridized carbons (Fsp3) is 0.133. The zero-order chi connectivity index (χ0) is 13.5. The lowest BCUT2D eigenvalue weighted by molar-refractivity contribution is -0.116. The molecule has 4 heteroatoms. The summed E-state index contributed by atoms with van der Waals surface area (Å²) in [4.78, 5) is 15.7. The maximum atomic E-state index is 11.7. The Kier molecular flexibility index (Phi) is 4.25. The van der Waals surface area contributed by atoms with Crippen molar-refractivity contribution in [3.05, 3.63) is 59.8 Å². The van der Waals surface area contributed by atoms with E-state index in [0.717, 1.165) is 5.56 Å². The number of nitrogens with zero attached hydrogens (tertiary/aromatic N) is 2. The van der Waals surface area contributed by atoms with Gasteiger partial charge in [-0.25, -0.2) is 4.98 Å². The largest absolute Gasteiger partial charge is 0.311 e. The van der Waals surface area contributed by atoms with Crippen molar-refractivity contribution < 1.29 is 4.79 Å². The Morgan fingerprint density at radius 1 is 1.21 bits per heavy atom. The molecular weight excluding hydrogens is 238 g/mol. The number of aromatic nitrogens is 1. The second-order valence-corrected chi connectivity index (χ2v) is 4.08. The minimum Gasteiger partial charge on any atom is -0.311 e. The smallest absolute Gasteiger partial charge is 0.225 e. The van der Waals surface area contributed by atoms with E-state index in [1.165, 1.54) is 6.20 Å². The van der Waals surface area contributed by atoms with Crippen LogP contribution in [0, 0.1) is 11.3 Å². The molecule has 1 aromatic heterocycles. The monoisotopic (exact) mass is 251 g/mol. The number of nitriles is 1. The van der Waals surface area contributed by atoms with Gasteiger partial charge in [0.15, 0.2) is 0 Å². The van der Waals surface area contributed by atoms with Crippen LogP contribution in [-0.2, 0) is 11.2 Å². The summed E-state index contributed by atoms with van der Waals surface area (Å²) >= 11 is 0. The molecule has 0 spiro atoms. The normalized spacial score (nSPS) is 9.63. The molecule has 0 aliphatic rings. The summed E-state index contributed by atoms with van der Waals surface area (Å²) in [5.41, 5.74) is 1.60. The number of benzene rings is 1. The molecule has 19 heavy (non-hydrogen) atoms. The fourth-order valence-electron chi connectivity index (χ4n) is 1.64. The van der Waals surface area contributed by atoms with E-state index in [9.17, 15) is 4.79 Å². The highest BCUT2D eigenvalue weighted by molar-refractivity contribution is 5.89. The van der Waals surface area contributed by atoms with Crippen molar-refractivity contribution in [2.45, 2.75) is 12.8 Å². The summed E-state index contributed by atoms with van der Waals surface area (Å²) < 4.78 is 0. The zero-order valence-electron chi connectivity index (χ0n) is 10.3. The number of hydrogen-bond acceptors (Lipinski definition) is 3. The number of carbonyl (C=O) groups excluding carboxylic acids is 1. The van der Waals surface area contributed by atoms with Crippen LogP contribution in [0.25, 0.3) is 0 Å². The number of amides is 1. The van der Waals surface area contributed by atoms with E-state index in [1.54, 1.807) is 12.1 Å². The maximum Gasteiger partial charge on any atom is 0.225 e. The number of nitrogens with one attached hydrogen (secondary N) is 1. The van der Waals surface area contributed by atoms with Gasteiger partial charge in [0.2, 0.25) is 5.91 Å². The Hall–Kier alpha value is -2.67. The van der Waals surface area contributed by atoms with Gasteiger partial charge >= 0.3 is 0 Å². The Labute approximate surface area is 111 Å². The van der Waals surface area contributed by atoms with Gasteiger partial charge in [0.05, 0.1) is 5.56 Å².